The molecule has 1 fully saturated rings. The minimum Gasteiger partial charge on any atom is -0.317 e. The first-order valence-electron chi connectivity index (χ1n) is 10.0. The molecule has 0 bridgehead atoms. The van der Waals surface area contributed by atoms with Gasteiger partial charge in [0.05, 0.1) is 0 Å². The Morgan fingerprint density at radius 3 is 2.44 bits per heavy atom. The monoisotopic (exact) mass is 368 g/mol. The SMILES string of the molecule is CCC(=O)N(c1ccccc1)C(CCc1ccccc1F)C1CCNCC1. The van der Waals surface area contributed by atoms with E-state index in [2.05, 4.69) is 5.32 Å². The number of rotatable bonds is 7. The van der Waals surface area contributed by atoms with Gasteiger partial charge in [0.25, 0.3) is 0 Å². The maximum Gasteiger partial charge on any atom is 0.226 e. The molecule has 27 heavy (non-hydrogen) atoms. The summed E-state index contributed by atoms with van der Waals surface area (Å²) in [6.45, 7) is 3.86. The number of nitrogens with one attached hydrogen (secondary N) is 1. The molecule has 0 radical (unpaired) electrons. The molecule has 1 amide bonds. The van der Waals surface area contributed by atoms with Crippen molar-refractivity contribution in [2.24, 2.45) is 5.92 Å². The van der Waals surface area contributed by atoms with Crippen LogP contribution in [0.25, 0.3) is 0 Å². The third-order valence-electron chi connectivity index (χ3n) is 5.53. The van der Waals surface area contributed by atoms with Crippen molar-refractivity contribution in [2.75, 3.05) is 18.0 Å². The summed E-state index contributed by atoms with van der Waals surface area (Å²) in [7, 11) is 0. The van der Waals surface area contributed by atoms with Crippen molar-refractivity contribution >= 4 is 11.6 Å². The van der Waals surface area contributed by atoms with Crippen LogP contribution in [0.1, 0.15) is 38.2 Å². The Bertz CT molecular complexity index is 728. The minimum absolute atomic E-state index is 0.0848. The van der Waals surface area contributed by atoms with Crippen LogP contribution in [0.4, 0.5) is 10.1 Å². The van der Waals surface area contributed by atoms with Gasteiger partial charge in [-0.1, -0.05) is 43.3 Å². The van der Waals surface area contributed by atoms with Gasteiger partial charge >= 0.3 is 0 Å². The molecule has 2 aromatic rings. The van der Waals surface area contributed by atoms with Crippen molar-refractivity contribution in [3.8, 4) is 0 Å². The van der Waals surface area contributed by atoms with E-state index in [-0.39, 0.29) is 17.8 Å². The van der Waals surface area contributed by atoms with Gasteiger partial charge in [-0.15, -0.1) is 0 Å². The first-order valence-corrected chi connectivity index (χ1v) is 10.0. The van der Waals surface area contributed by atoms with Crippen LogP contribution in [0.2, 0.25) is 0 Å². The fourth-order valence-corrected chi connectivity index (χ4v) is 4.09. The largest absolute Gasteiger partial charge is 0.317 e. The third kappa shape index (κ3) is 4.95. The molecule has 144 valence electrons. The van der Waals surface area contributed by atoms with Gasteiger partial charge in [-0.05, 0) is 68.5 Å². The number of para-hydroxylation sites is 1. The smallest absolute Gasteiger partial charge is 0.226 e. The van der Waals surface area contributed by atoms with Crippen molar-refractivity contribution < 1.29 is 9.18 Å². The van der Waals surface area contributed by atoms with Crippen LogP contribution < -0.4 is 10.2 Å². The first-order chi connectivity index (χ1) is 13.2. The Morgan fingerprint density at radius 2 is 1.78 bits per heavy atom. The number of halogens is 1. The van der Waals surface area contributed by atoms with Crippen molar-refractivity contribution in [1.82, 2.24) is 5.32 Å². The predicted molar refractivity (Wildman–Crippen MR) is 108 cm³/mol. The number of anilines is 1. The molecule has 1 unspecified atom stereocenters. The molecule has 1 heterocycles. The molecule has 0 saturated carbocycles. The Kier molecular flexibility index (Phi) is 6.99. The van der Waals surface area contributed by atoms with Gasteiger partial charge in [-0.3, -0.25) is 4.79 Å². The second-order valence-corrected chi connectivity index (χ2v) is 7.24. The number of benzene rings is 2. The van der Waals surface area contributed by atoms with E-state index in [1.54, 1.807) is 6.07 Å². The van der Waals surface area contributed by atoms with Crippen molar-refractivity contribution in [1.29, 1.82) is 0 Å². The van der Waals surface area contributed by atoms with E-state index in [4.69, 9.17) is 0 Å². The summed E-state index contributed by atoms with van der Waals surface area (Å²) in [5.74, 6) is 0.404. The van der Waals surface area contributed by atoms with Crippen LogP contribution >= 0.6 is 0 Å². The van der Waals surface area contributed by atoms with Crippen molar-refractivity contribution in [3.05, 3.63) is 66.0 Å². The van der Waals surface area contributed by atoms with Gasteiger partial charge in [0, 0.05) is 18.2 Å². The molecule has 0 spiro atoms. The van der Waals surface area contributed by atoms with E-state index in [1.165, 1.54) is 6.07 Å². The Balaban J connectivity index is 1.88. The Hall–Kier alpha value is -2.20. The highest BCUT2D eigenvalue weighted by Gasteiger charge is 2.32. The van der Waals surface area contributed by atoms with Gasteiger partial charge in [0.1, 0.15) is 5.82 Å². The number of piperidine rings is 1. The van der Waals surface area contributed by atoms with Gasteiger partial charge in [-0.2, -0.15) is 0 Å². The molecule has 3 rings (SSSR count). The number of nitrogens with zero attached hydrogens (tertiary/aromatic N) is 1. The molecule has 1 N–H and O–H groups in total. The number of aryl methyl sites for hydroxylation is 1. The Morgan fingerprint density at radius 1 is 1.11 bits per heavy atom. The average Bonchev–Trinajstić information content (AvgIpc) is 2.73. The Labute approximate surface area is 161 Å². The van der Waals surface area contributed by atoms with E-state index in [1.807, 2.05) is 54.3 Å². The van der Waals surface area contributed by atoms with Crippen LogP contribution in [0.15, 0.2) is 54.6 Å². The lowest BCUT2D eigenvalue weighted by Crippen LogP contribution is -2.48. The lowest BCUT2D eigenvalue weighted by atomic mass is 9.85. The highest BCUT2D eigenvalue weighted by Crippen LogP contribution is 2.30. The van der Waals surface area contributed by atoms with Crippen LogP contribution in [0, 0.1) is 11.7 Å². The summed E-state index contributed by atoms with van der Waals surface area (Å²) in [4.78, 5) is 14.9. The van der Waals surface area contributed by atoms with E-state index in [9.17, 15) is 9.18 Å². The lowest BCUT2D eigenvalue weighted by molar-refractivity contribution is -0.119. The molecule has 4 heteroatoms. The predicted octanol–water partition coefficient (Wildman–Crippen LogP) is 4.57. The van der Waals surface area contributed by atoms with Crippen molar-refractivity contribution in [3.63, 3.8) is 0 Å². The molecule has 3 nitrogen and oxygen atoms in total. The second-order valence-electron chi connectivity index (χ2n) is 7.24. The fraction of sp³-hybridized carbons (Fsp3) is 0.435. The summed E-state index contributed by atoms with van der Waals surface area (Å²) < 4.78 is 14.1. The summed E-state index contributed by atoms with van der Waals surface area (Å²) in [6, 6.07) is 17.0. The summed E-state index contributed by atoms with van der Waals surface area (Å²) in [5, 5.41) is 3.41. The lowest BCUT2D eigenvalue weighted by Gasteiger charge is -2.39. The zero-order valence-electron chi connectivity index (χ0n) is 16.0. The maximum absolute atomic E-state index is 14.1. The first kappa shape index (κ1) is 19.6. The zero-order chi connectivity index (χ0) is 19.1. The highest BCUT2D eigenvalue weighted by molar-refractivity contribution is 5.93. The van der Waals surface area contributed by atoms with Gasteiger partial charge in [-0.25, -0.2) is 4.39 Å². The minimum atomic E-state index is -0.158. The highest BCUT2D eigenvalue weighted by atomic mass is 19.1. The molecule has 1 aliphatic rings. The number of hydrogen-bond donors (Lipinski definition) is 1. The molecule has 0 aromatic heterocycles. The topological polar surface area (TPSA) is 32.3 Å². The van der Waals surface area contributed by atoms with E-state index in [0.29, 0.717) is 18.8 Å². The van der Waals surface area contributed by atoms with E-state index < -0.39 is 0 Å². The van der Waals surface area contributed by atoms with Crippen LogP contribution in [0.5, 0.6) is 0 Å². The maximum atomic E-state index is 14.1. The molecular weight excluding hydrogens is 339 g/mol. The summed E-state index contributed by atoms with van der Waals surface area (Å²) >= 11 is 0. The molecule has 0 aliphatic carbocycles. The van der Waals surface area contributed by atoms with Gasteiger partial charge < -0.3 is 10.2 Å². The molecule has 2 aromatic carbocycles. The van der Waals surface area contributed by atoms with Crippen molar-refractivity contribution in [2.45, 2.75) is 45.1 Å². The number of amides is 1. The fourth-order valence-electron chi connectivity index (χ4n) is 4.09. The quantitative estimate of drug-likeness (QED) is 0.776. The summed E-state index contributed by atoms with van der Waals surface area (Å²) in [6.07, 6.45) is 3.97. The standard InChI is InChI=1S/C23H29FN2O/c1-2-23(27)26(20-9-4-3-5-10-20)22(19-14-16-25-17-15-19)13-12-18-8-6-7-11-21(18)24/h3-11,19,22,25H,2,12-17H2,1H3. The van der Waals surface area contributed by atoms with Crippen LogP contribution in [0.3, 0.4) is 0 Å². The third-order valence-corrected chi connectivity index (χ3v) is 5.53. The summed E-state index contributed by atoms with van der Waals surface area (Å²) in [5.41, 5.74) is 1.68. The zero-order valence-corrected chi connectivity index (χ0v) is 16.0. The molecular formula is C23H29FN2O. The average molecular weight is 368 g/mol. The number of carbonyl (C=O) groups is 1. The molecule has 1 saturated heterocycles. The normalized spacial score (nSPS) is 16.1. The van der Waals surface area contributed by atoms with Crippen LogP contribution in [-0.4, -0.2) is 25.0 Å². The number of carbonyl (C=O) groups excluding carboxylic acids is 1. The van der Waals surface area contributed by atoms with Gasteiger partial charge in [0.15, 0.2) is 0 Å². The van der Waals surface area contributed by atoms with Crippen LogP contribution in [-0.2, 0) is 11.2 Å². The van der Waals surface area contributed by atoms with E-state index >= 15 is 0 Å². The van der Waals surface area contributed by atoms with Gasteiger partial charge in [0.2, 0.25) is 5.91 Å². The van der Waals surface area contributed by atoms with E-state index in [0.717, 1.165) is 43.6 Å². The molecule has 1 atom stereocenters. The molecule has 1 aliphatic heterocycles. The number of hydrogen-bond acceptors (Lipinski definition) is 2. The second kappa shape index (κ2) is 9.65.